The molecule has 2 aromatic heterocycles. The Bertz CT molecular complexity index is 825. The van der Waals surface area contributed by atoms with Crippen molar-refractivity contribution in [2.75, 3.05) is 5.75 Å². The summed E-state index contributed by atoms with van der Waals surface area (Å²) < 4.78 is 7.19. The number of carbonyl (C=O) groups is 1. The molecule has 0 unspecified atom stereocenters. The van der Waals surface area contributed by atoms with E-state index in [2.05, 4.69) is 42.3 Å². The number of rotatable bonds is 6. The first-order valence-electron chi connectivity index (χ1n) is 7.66. The summed E-state index contributed by atoms with van der Waals surface area (Å²) >= 11 is 1.41. The van der Waals surface area contributed by atoms with Crippen molar-refractivity contribution in [1.29, 1.82) is 0 Å². The molecule has 0 radical (unpaired) electrons. The molecule has 124 valence electrons. The highest BCUT2D eigenvalue weighted by Crippen LogP contribution is 2.22. The lowest BCUT2D eigenvalue weighted by Crippen LogP contribution is -2.24. The zero-order chi connectivity index (χ0) is 16.9. The summed E-state index contributed by atoms with van der Waals surface area (Å²) in [6.45, 7) is 4.58. The van der Waals surface area contributed by atoms with Crippen LogP contribution in [-0.4, -0.2) is 21.2 Å². The summed E-state index contributed by atoms with van der Waals surface area (Å²) in [6.07, 6.45) is 5.25. The number of nitrogens with one attached hydrogen (secondary N) is 1. The van der Waals surface area contributed by atoms with Gasteiger partial charge in [-0.05, 0) is 49.2 Å². The van der Waals surface area contributed by atoms with E-state index in [1.807, 2.05) is 16.8 Å². The van der Waals surface area contributed by atoms with Gasteiger partial charge in [0.05, 0.1) is 18.6 Å². The van der Waals surface area contributed by atoms with E-state index in [4.69, 9.17) is 4.42 Å². The molecule has 0 aliphatic carbocycles. The number of furan rings is 1. The van der Waals surface area contributed by atoms with Crippen molar-refractivity contribution in [3.8, 4) is 5.69 Å². The van der Waals surface area contributed by atoms with Crippen molar-refractivity contribution < 1.29 is 9.21 Å². The minimum absolute atomic E-state index is 0.0500. The number of amides is 1. The first-order chi connectivity index (χ1) is 11.6. The molecule has 0 saturated heterocycles. The SMILES string of the molecule is Cc1ccc(-n2ccnc2SCC(=O)NCc2ccco2)cc1C. The van der Waals surface area contributed by atoms with Crippen LogP contribution in [0.2, 0.25) is 0 Å². The number of hydrogen-bond acceptors (Lipinski definition) is 4. The van der Waals surface area contributed by atoms with Gasteiger partial charge in [-0.15, -0.1) is 0 Å². The first kappa shape index (κ1) is 16.4. The normalized spacial score (nSPS) is 10.8. The molecule has 0 aliphatic rings. The third kappa shape index (κ3) is 3.89. The van der Waals surface area contributed by atoms with Crippen molar-refractivity contribution in [2.45, 2.75) is 25.5 Å². The molecule has 3 aromatic rings. The zero-order valence-electron chi connectivity index (χ0n) is 13.7. The monoisotopic (exact) mass is 341 g/mol. The van der Waals surface area contributed by atoms with E-state index < -0.39 is 0 Å². The lowest BCUT2D eigenvalue weighted by Gasteiger charge is -2.09. The summed E-state index contributed by atoms with van der Waals surface area (Å²) in [7, 11) is 0. The quantitative estimate of drug-likeness (QED) is 0.697. The molecule has 1 N–H and O–H groups in total. The Balaban J connectivity index is 1.61. The first-order valence-corrected chi connectivity index (χ1v) is 8.65. The Morgan fingerprint density at radius 1 is 1.29 bits per heavy atom. The Morgan fingerprint density at radius 2 is 2.17 bits per heavy atom. The van der Waals surface area contributed by atoms with Crippen LogP contribution in [0.4, 0.5) is 0 Å². The van der Waals surface area contributed by atoms with E-state index in [0.717, 1.165) is 16.6 Å². The minimum atomic E-state index is -0.0500. The Hall–Kier alpha value is -2.47. The molecule has 0 fully saturated rings. The van der Waals surface area contributed by atoms with Crippen LogP contribution in [0.1, 0.15) is 16.9 Å². The van der Waals surface area contributed by atoms with E-state index in [1.165, 1.54) is 22.9 Å². The highest BCUT2D eigenvalue weighted by molar-refractivity contribution is 7.99. The average molecular weight is 341 g/mol. The van der Waals surface area contributed by atoms with Gasteiger partial charge >= 0.3 is 0 Å². The van der Waals surface area contributed by atoms with E-state index in [9.17, 15) is 4.79 Å². The third-order valence-corrected chi connectivity index (χ3v) is 4.71. The van der Waals surface area contributed by atoms with Crippen LogP contribution in [0.5, 0.6) is 0 Å². The molecule has 6 heteroatoms. The van der Waals surface area contributed by atoms with Gasteiger partial charge in [-0.25, -0.2) is 4.98 Å². The van der Waals surface area contributed by atoms with Crippen LogP contribution >= 0.6 is 11.8 Å². The molecule has 3 rings (SSSR count). The molecular formula is C18H19N3O2S. The fourth-order valence-electron chi connectivity index (χ4n) is 2.25. The summed E-state index contributed by atoms with van der Waals surface area (Å²) in [6, 6.07) is 9.91. The standard InChI is InChI=1S/C18H19N3O2S/c1-13-5-6-15(10-14(13)2)21-8-7-19-18(21)24-12-17(22)20-11-16-4-3-9-23-16/h3-10H,11-12H2,1-2H3,(H,20,22). The molecule has 1 aromatic carbocycles. The Kier molecular flexibility index (Phi) is 5.05. The van der Waals surface area contributed by atoms with E-state index in [0.29, 0.717) is 12.3 Å². The van der Waals surface area contributed by atoms with Crippen LogP contribution in [0.25, 0.3) is 5.69 Å². The van der Waals surface area contributed by atoms with Crippen LogP contribution in [0.3, 0.4) is 0 Å². The van der Waals surface area contributed by atoms with Gasteiger partial charge in [0.2, 0.25) is 5.91 Å². The smallest absolute Gasteiger partial charge is 0.230 e. The van der Waals surface area contributed by atoms with Crippen molar-refractivity contribution in [1.82, 2.24) is 14.9 Å². The topological polar surface area (TPSA) is 60.1 Å². The summed E-state index contributed by atoms with van der Waals surface area (Å²) in [5, 5.41) is 3.63. The highest BCUT2D eigenvalue weighted by Gasteiger charge is 2.10. The van der Waals surface area contributed by atoms with Gasteiger partial charge in [0.1, 0.15) is 5.76 Å². The number of hydrogen-bond donors (Lipinski definition) is 1. The second-order valence-electron chi connectivity index (χ2n) is 5.49. The molecule has 0 atom stereocenters. The van der Waals surface area contributed by atoms with Gasteiger partial charge in [0.25, 0.3) is 0 Å². The summed E-state index contributed by atoms with van der Waals surface area (Å²) in [5.41, 5.74) is 3.54. The van der Waals surface area contributed by atoms with Gasteiger partial charge < -0.3 is 9.73 Å². The molecule has 5 nitrogen and oxygen atoms in total. The number of carbonyl (C=O) groups excluding carboxylic acids is 1. The maximum atomic E-state index is 12.0. The van der Waals surface area contributed by atoms with Crippen LogP contribution < -0.4 is 5.32 Å². The molecule has 24 heavy (non-hydrogen) atoms. The van der Waals surface area contributed by atoms with Crippen molar-refractivity contribution in [3.63, 3.8) is 0 Å². The highest BCUT2D eigenvalue weighted by atomic mass is 32.2. The molecule has 0 spiro atoms. The fraction of sp³-hybridized carbons (Fsp3) is 0.222. The Labute approximate surface area is 145 Å². The van der Waals surface area contributed by atoms with Gasteiger partial charge in [-0.2, -0.15) is 0 Å². The van der Waals surface area contributed by atoms with Gasteiger partial charge in [0, 0.05) is 18.1 Å². The number of benzene rings is 1. The number of thioether (sulfide) groups is 1. The predicted octanol–water partition coefficient (Wildman–Crippen LogP) is 3.49. The second kappa shape index (κ2) is 7.40. The molecule has 1 amide bonds. The van der Waals surface area contributed by atoms with Crippen molar-refractivity contribution >= 4 is 17.7 Å². The molecule has 0 aliphatic heterocycles. The Morgan fingerprint density at radius 3 is 2.92 bits per heavy atom. The lowest BCUT2D eigenvalue weighted by atomic mass is 10.1. The van der Waals surface area contributed by atoms with Crippen LogP contribution in [0.15, 0.2) is 58.6 Å². The summed E-state index contributed by atoms with van der Waals surface area (Å²) in [4.78, 5) is 16.3. The number of aromatic nitrogens is 2. The predicted molar refractivity (Wildman–Crippen MR) is 94.3 cm³/mol. The summed E-state index contributed by atoms with van der Waals surface area (Å²) in [5.74, 6) is 0.999. The number of aryl methyl sites for hydroxylation is 2. The molecular weight excluding hydrogens is 322 g/mol. The van der Waals surface area contributed by atoms with Gasteiger partial charge in [-0.3, -0.25) is 9.36 Å². The van der Waals surface area contributed by atoms with Gasteiger partial charge in [-0.1, -0.05) is 17.8 Å². The number of imidazole rings is 1. The molecule has 2 heterocycles. The van der Waals surface area contributed by atoms with E-state index >= 15 is 0 Å². The largest absolute Gasteiger partial charge is 0.467 e. The average Bonchev–Trinajstić information content (AvgIpc) is 3.25. The molecule has 0 bridgehead atoms. The van der Waals surface area contributed by atoms with E-state index in [1.54, 1.807) is 18.5 Å². The van der Waals surface area contributed by atoms with Crippen LogP contribution in [-0.2, 0) is 11.3 Å². The van der Waals surface area contributed by atoms with E-state index in [-0.39, 0.29) is 5.91 Å². The number of nitrogens with zero attached hydrogens (tertiary/aromatic N) is 2. The van der Waals surface area contributed by atoms with Crippen molar-refractivity contribution in [3.05, 3.63) is 65.9 Å². The maximum Gasteiger partial charge on any atom is 0.230 e. The van der Waals surface area contributed by atoms with Crippen molar-refractivity contribution in [2.24, 2.45) is 0 Å². The maximum absolute atomic E-state index is 12.0. The second-order valence-corrected chi connectivity index (χ2v) is 6.44. The molecule has 0 saturated carbocycles. The van der Waals surface area contributed by atoms with Gasteiger partial charge in [0.15, 0.2) is 5.16 Å². The van der Waals surface area contributed by atoms with Crippen LogP contribution in [0, 0.1) is 13.8 Å². The fourth-order valence-corrected chi connectivity index (χ4v) is 3.05. The lowest BCUT2D eigenvalue weighted by molar-refractivity contribution is -0.118. The minimum Gasteiger partial charge on any atom is -0.467 e. The third-order valence-electron chi connectivity index (χ3n) is 3.75. The zero-order valence-corrected chi connectivity index (χ0v) is 14.5.